The van der Waals surface area contributed by atoms with E-state index < -0.39 is 12.4 Å². The second-order valence-electron chi connectivity index (χ2n) is 3.98. The molecule has 4 N–H and O–H groups in total. The SMILES string of the molecule is Cl.NCCCC[C@H](N)c1ccccc1OC(F)(F)F. The van der Waals surface area contributed by atoms with Crippen molar-refractivity contribution in [2.75, 3.05) is 6.54 Å². The van der Waals surface area contributed by atoms with Crippen LogP contribution >= 0.6 is 12.4 Å². The molecule has 0 spiro atoms. The van der Waals surface area contributed by atoms with Gasteiger partial charge in [0.05, 0.1) is 0 Å². The van der Waals surface area contributed by atoms with Crippen molar-refractivity contribution in [1.29, 1.82) is 0 Å². The highest BCUT2D eigenvalue weighted by Crippen LogP contribution is 2.31. The molecule has 0 unspecified atom stereocenters. The van der Waals surface area contributed by atoms with Gasteiger partial charge in [-0.1, -0.05) is 24.6 Å². The summed E-state index contributed by atoms with van der Waals surface area (Å²) in [5, 5.41) is 0. The Labute approximate surface area is 116 Å². The molecular formula is C12H18ClF3N2O. The van der Waals surface area contributed by atoms with Crippen LogP contribution in [0, 0.1) is 0 Å². The summed E-state index contributed by atoms with van der Waals surface area (Å²) < 4.78 is 40.6. The molecule has 0 fully saturated rings. The van der Waals surface area contributed by atoms with E-state index in [1.165, 1.54) is 12.1 Å². The number of alkyl halides is 3. The summed E-state index contributed by atoms with van der Waals surface area (Å²) in [5.41, 5.74) is 11.6. The Balaban J connectivity index is 0.00000324. The second-order valence-corrected chi connectivity index (χ2v) is 3.98. The number of hydrogen-bond acceptors (Lipinski definition) is 3. The average Bonchev–Trinajstić information content (AvgIpc) is 2.27. The Morgan fingerprint density at radius 2 is 1.79 bits per heavy atom. The molecule has 0 bridgehead atoms. The lowest BCUT2D eigenvalue weighted by atomic mass is 10.0. The Bertz CT molecular complexity index is 374. The fraction of sp³-hybridized carbons (Fsp3) is 0.500. The van der Waals surface area contributed by atoms with E-state index in [0.29, 0.717) is 18.5 Å². The molecule has 0 radical (unpaired) electrons. The van der Waals surface area contributed by atoms with Gasteiger partial charge in [0, 0.05) is 11.6 Å². The molecule has 0 heterocycles. The maximum atomic E-state index is 12.2. The van der Waals surface area contributed by atoms with Crippen LogP contribution in [0.4, 0.5) is 13.2 Å². The lowest BCUT2D eigenvalue weighted by molar-refractivity contribution is -0.275. The fourth-order valence-electron chi connectivity index (χ4n) is 1.67. The number of halogens is 4. The highest BCUT2D eigenvalue weighted by atomic mass is 35.5. The van der Waals surface area contributed by atoms with Gasteiger partial charge in [0.1, 0.15) is 5.75 Å². The Hall–Kier alpha value is -0.980. The number of rotatable bonds is 6. The number of para-hydroxylation sites is 1. The van der Waals surface area contributed by atoms with Crippen LogP contribution < -0.4 is 16.2 Å². The van der Waals surface area contributed by atoms with Crippen LogP contribution in [0.1, 0.15) is 30.9 Å². The second kappa shape index (κ2) is 8.24. The zero-order valence-electron chi connectivity index (χ0n) is 10.3. The molecule has 0 amide bonds. The summed E-state index contributed by atoms with van der Waals surface area (Å²) in [5.74, 6) is -0.231. The molecule has 0 aliphatic heterocycles. The van der Waals surface area contributed by atoms with Gasteiger partial charge in [-0.2, -0.15) is 0 Å². The van der Waals surface area contributed by atoms with Crippen molar-refractivity contribution in [3.63, 3.8) is 0 Å². The molecule has 1 atom stereocenters. The summed E-state index contributed by atoms with van der Waals surface area (Å²) in [6.07, 6.45) is -2.55. The summed E-state index contributed by atoms with van der Waals surface area (Å²) in [4.78, 5) is 0. The van der Waals surface area contributed by atoms with Crippen molar-refractivity contribution in [3.8, 4) is 5.75 Å². The fourth-order valence-corrected chi connectivity index (χ4v) is 1.67. The van der Waals surface area contributed by atoms with Crippen LogP contribution in [0.15, 0.2) is 24.3 Å². The quantitative estimate of drug-likeness (QED) is 0.793. The van der Waals surface area contributed by atoms with E-state index in [9.17, 15) is 13.2 Å². The third-order valence-corrected chi connectivity index (χ3v) is 2.51. The van der Waals surface area contributed by atoms with Crippen LogP contribution in [-0.4, -0.2) is 12.9 Å². The van der Waals surface area contributed by atoms with E-state index in [-0.39, 0.29) is 18.2 Å². The van der Waals surface area contributed by atoms with Crippen molar-refractivity contribution in [3.05, 3.63) is 29.8 Å². The van der Waals surface area contributed by atoms with Crippen LogP contribution in [0.5, 0.6) is 5.75 Å². The molecule has 7 heteroatoms. The first kappa shape index (κ1) is 18.0. The van der Waals surface area contributed by atoms with Gasteiger partial charge in [-0.15, -0.1) is 25.6 Å². The molecule has 1 aromatic carbocycles. The molecule has 19 heavy (non-hydrogen) atoms. The summed E-state index contributed by atoms with van der Waals surface area (Å²) in [7, 11) is 0. The summed E-state index contributed by atoms with van der Waals surface area (Å²) >= 11 is 0. The lowest BCUT2D eigenvalue weighted by Gasteiger charge is -2.17. The van der Waals surface area contributed by atoms with E-state index in [1.807, 2.05) is 0 Å². The van der Waals surface area contributed by atoms with E-state index in [1.54, 1.807) is 12.1 Å². The van der Waals surface area contributed by atoms with Gasteiger partial charge in [-0.25, -0.2) is 0 Å². The van der Waals surface area contributed by atoms with Crippen molar-refractivity contribution in [2.45, 2.75) is 31.7 Å². The van der Waals surface area contributed by atoms with Gasteiger partial charge < -0.3 is 16.2 Å². The zero-order valence-corrected chi connectivity index (χ0v) is 11.1. The first-order valence-electron chi connectivity index (χ1n) is 5.74. The highest BCUT2D eigenvalue weighted by Gasteiger charge is 2.32. The molecule has 0 aromatic heterocycles. The predicted octanol–water partition coefficient (Wildman–Crippen LogP) is 3.14. The largest absolute Gasteiger partial charge is 0.573 e. The van der Waals surface area contributed by atoms with E-state index in [4.69, 9.17) is 11.5 Å². The monoisotopic (exact) mass is 298 g/mol. The molecular weight excluding hydrogens is 281 g/mol. The van der Waals surface area contributed by atoms with Crippen molar-refractivity contribution in [2.24, 2.45) is 11.5 Å². The number of hydrogen-bond donors (Lipinski definition) is 2. The van der Waals surface area contributed by atoms with E-state index in [0.717, 1.165) is 12.8 Å². The van der Waals surface area contributed by atoms with Crippen LogP contribution in [0.3, 0.4) is 0 Å². The number of ether oxygens (including phenoxy) is 1. The molecule has 110 valence electrons. The number of nitrogens with two attached hydrogens (primary N) is 2. The minimum Gasteiger partial charge on any atom is -0.405 e. The van der Waals surface area contributed by atoms with E-state index in [2.05, 4.69) is 4.74 Å². The minimum absolute atomic E-state index is 0. The van der Waals surface area contributed by atoms with E-state index >= 15 is 0 Å². The van der Waals surface area contributed by atoms with Gasteiger partial charge in [0.2, 0.25) is 0 Å². The number of benzene rings is 1. The summed E-state index contributed by atoms with van der Waals surface area (Å²) in [6, 6.07) is 5.47. The predicted molar refractivity (Wildman–Crippen MR) is 70.2 cm³/mol. The third kappa shape index (κ3) is 6.66. The Kier molecular flexibility index (Phi) is 7.82. The Morgan fingerprint density at radius 3 is 2.37 bits per heavy atom. The van der Waals surface area contributed by atoms with Gasteiger partial charge in [0.15, 0.2) is 0 Å². The summed E-state index contributed by atoms with van der Waals surface area (Å²) in [6.45, 7) is 0.549. The van der Waals surface area contributed by atoms with Crippen molar-refractivity contribution < 1.29 is 17.9 Å². The normalized spacial score (nSPS) is 12.7. The van der Waals surface area contributed by atoms with Gasteiger partial charge in [-0.05, 0) is 25.5 Å². The van der Waals surface area contributed by atoms with Crippen molar-refractivity contribution >= 4 is 12.4 Å². The molecule has 0 saturated heterocycles. The molecule has 0 saturated carbocycles. The smallest absolute Gasteiger partial charge is 0.405 e. The third-order valence-electron chi connectivity index (χ3n) is 2.51. The first-order valence-corrected chi connectivity index (χ1v) is 5.74. The molecule has 1 aromatic rings. The van der Waals surface area contributed by atoms with Gasteiger partial charge in [-0.3, -0.25) is 0 Å². The zero-order chi connectivity index (χ0) is 13.6. The molecule has 0 aliphatic carbocycles. The van der Waals surface area contributed by atoms with Gasteiger partial charge in [0.25, 0.3) is 0 Å². The average molecular weight is 299 g/mol. The van der Waals surface area contributed by atoms with Crippen molar-refractivity contribution in [1.82, 2.24) is 0 Å². The van der Waals surface area contributed by atoms with Crippen LogP contribution in [-0.2, 0) is 0 Å². The molecule has 0 aliphatic rings. The molecule has 3 nitrogen and oxygen atoms in total. The highest BCUT2D eigenvalue weighted by molar-refractivity contribution is 5.85. The number of unbranched alkanes of at least 4 members (excludes halogenated alkanes) is 1. The van der Waals surface area contributed by atoms with Gasteiger partial charge >= 0.3 is 6.36 Å². The maximum absolute atomic E-state index is 12.2. The van der Waals surface area contributed by atoms with Crippen LogP contribution in [0.25, 0.3) is 0 Å². The minimum atomic E-state index is -4.70. The van der Waals surface area contributed by atoms with Crippen LogP contribution in [0.2, 0.25) is 0 Å². The standard InChI is InChI=1S/C12H17F3N2O.ClH/c13-12(14,15)18-11-7-2-1-5-9(11)10(17)6-3-4-8-16;/h1-2,5,7,10H,3-4,6,8,16-17H2;1H/t10-;/m0./s1. The molecule has 1 rings (SSSR count). The maximum Gasteiger partial charge on any atom is 0.573 e. The Morgan fingerprint density at radius 1 is 1.16 bits per heavy atom. The first-order chi connectivity index (χ1) is 8.44. The topological polar surface area (TPSA) is 61.3 Å². The lowest BCUT2D eigenvalue weighted by Crippen LogP contribution is -2.20.